The maximum atomic E-state index is 5.80. The predicted octanol–water partition coefficient (Wildman–Crippen LogP) is 2.92. The summed E-state index contributed by atoms with van der Waals surface area (Å²) in [4.78, 5) is 21.9. The molecule has 2 bridgehead atoms. The molecule has 0 N–H and O–H groups in total. The standard InChI is InChI=1S/C22H17N5O/c1-4-10-23-11-12-24-15-17-6-2-3-7-20(17)27-22-19-14-18(28-13-5-1)8-9-21(19)25-16-26-22/h1-12,14-16H,13H2/b5-1?,10-4?,17-15-,23-11?,24-12?,27-20?. The zero-order chi connectivity index (χ0) is 19.0. The van der Waals surface area contributed by atoms with Crippen molar-refractivity contribution < 1.29 is 4.74 Å². The first kappa shape index (κ1) is 17.5. The molecule has 0 amide bonds. The fourth-order valence-corrected chi connectivity index (χ4v) is 2.64. The van der Waals surface area contributed by atoms with Crippen LogP contribution in [0, 0.1) is 0 Å². The van der Waals surface area contributed by atoms with E-state index in [0.717, 1.165) is 27.2 Å². The third-order valence-electron chi connectivity index (χ3n) is 3.97. The minimum absolute atomic E-state index is 0.443. The minimum Gasteiger partial charge on any atom is -0.490 e. The summed E-state index contributed by atoms with van der Waals surface area (Å²) in [5, 5.41) is 2.48. The molecule has 28 heavy (non-hydrogen) atoms. The lowest BCUT2D eigenvalue weighted by Gasteiger charge is -2.06. The number of hydrogen-bond donors (Lipinski definition) is 0. The Kier molecular flexibility index (Phi) is 5.39. The molecule has 2 aromatic carbocycles. The molecule has 0 radical (unpaired) electrons. The van der Waals surface area contributed by atoms with Crippen molar-refractivity contribution in [1.29, 1.82) is 0 Å². The lowest BCUT2D eigenvalue weighted by atomic mass is 10.2. The first-order valence-corrected chi connectivity index (χ1v) is 8.78. The Morgan fingerprint density at radius 3 is 2.82 bits per heavy atom. The molecule has 2 heterocycles. The molecule has 6 heteroatoms. The van der Waals surface area contributed by atoms with Gasteiger partial charge in [0.15, 0.2) is 5.82 Å². The molecule has 1 aliphatic rings. The molecule has 0 fully saturated rings. The molecule has 0 unspecified atom stereocenters. The molecule has 3 aromatic rings. The lowest BCUT2D eigenvalue weighted by molar-refractivity contribution is 0.363. The quantitative estimate of drug-likeness (QED) is 0.613. The van der Waals surface area contributed by atoms with Crippen molar-refractivity contribution in [3.05, 3.63) is 83.8 Å². The van der Waals surface area contributed by atoms with E-state index in [1.807, 2.05) is 60.7 Å². The second kappa shape index (κ2) is 8.64. The van der Waals surface area contributed by atoms with Crippen LogP contribution in [0.4, 0.5) is 5.82 Å². The van der Waals surface area contributed by atoms with E-state index in [9.17, 15) is 0 Å². The molecule has 0 saturated carbocycles. The van der Waals surface area contributed by atoms with Crippen molar-refractivity contribution in [1.82, 2.24) is 9.97 Å². The van der Waals surface area contributed by atoms with Crippen molar-refractivity contribution >= 4 is 35.3 Å². The van der Waals surface area contributed by atoms with Crippen molar-refractivity contribution in [3.63, 3.8) is 0 Å². The van der Waals surface area contributed by atoms with Crippen LogP contribution < -0.4 is 15.3 Å². The number of hydrogen-bond acceptors (Lipinski definition) is 6. The Hall–Kier alpha value is -3.93. The fraction of sp³-hybridized carbons (Fsp3) is 0.0455. The maximum absolute atomic E-state index is 5.80. The third kappa shape index (κ3) is 4.24. The first-order chi connectivity index (χ1) is 13.9. The van der Waals surface area contributed by atoms with Gasteiger partial charge in [0.1, 0.15) is 18.7 Å². The highest BCUT2D eigenvalue weighted by Crippen LogP contribution is 2.25. The highest BCUT2D eigenvalue weighted by atomic mass is 16.5. The monoisotopic (exact) mass is 367 g/mol. The highest BCUT2D eigenvalue weighted by Gasteiger charge is 2.04. The first-order valence-electron chi connectivity index (χ1n) is 8.78. The second-order valence-corrected chi connectivity index (χ2v) is 5.85. The van der Waals surface area contributed by atoms with Gasteiger partial charge >= 0.3 is 0 Å². The average Bonchev–Trinajstić information content (AvgIpc) is 2.73. The summed E-state index contributed by atoms with van der Waals surface area (Å²) in [5.41, 5.74) is 0.810. The molecular weight excluding hydrogens is 350 g/mol. The number of nitrogens with zero attached hydrogens (tertiary/aromatic N) is 5. The molecule has 6 nitrogen and oxygen atoms in total. The van der Waals surface area contributed by atoms with E-state index >= 15 is 0 Å². The minimum atomic E-state index is 0.443. The molecule has 0 atom stereocenters. The van der Waals surface area contributed by atoms with Crippen LogP contribution in [0.15, 0.2) is 88.2 Å². The van der Waals surface area contributed by atoms with Crippen LogP contribution in [0.1, 0.15) is 0 Å². The number of ether oxygens (including phenoxy) is 1. The fourth-order valence-electron chi connectivity index (χ4n) is 2.64. The zero-order valence-electron chi connectivity index (χ0n) is 15.0. The van der Waals surface area contributed by atoms with Crippen molar-refractivity contribution in [2.75, 3.05) is 6.61 Å². The van der Waals surface area contributed by atoms with Gasteiger partial charge in [-0.25, -0.2) is 15.0 Å². The van der Waals surface area contributed by atoms with Crippen LogP contribution in [0.25, 0.3) is 17.1 Å². The average molecular weight is 367 g/mol. The van der Waals surface area contributed by atoms with Crippen molar-refractivity contribution in [2.24, 2.45) is 15.0 Å². The van der Waals surface area contributed by atoms with Gasteiger partial charge in [0.25, 0.3) is 0 Å². The van der Waals surface area contributed by atoms with E-state index < -0.39 is 0 Å². The molecule has 4 rings (SSSR count). The van der Waals surface area contributed by atoms with Crippen LogP contribution in [0.2, 0.25) is 0 Å². The van der Waals surface area contributed by atoms with Crippen LogP contribution in [0.3, 0.4) is 0 Å². The maximum Gasteiger partial charge on any atom is 0.163 e. The Morgan fingerprint density at radius 1 is 0.893 bits per heavy atom. The molecule has 0 saturated heterocycles. The summed E-state index contributed by atoms with van der Waals surface area (Å²) in [6.07, 6.45) is 13.8. The number of fused-ring (bicyclic) bond motifs is 2. The number of aromatic nitrogens is 2. The van der Waals surface area contributed by atoms with E-state index in [-0.39, 0.29) is 0 Å². The summed E-state index contributed by atoms with van der Waals surface area (Å²) < 4.78 is 5.80. The Labute approximate surface area is 161 Å². The zero-order valence-corrected chi connectivity index (χ0v) is 15.0. The lowest BCUT2D eigenvalue weighted by Crippen LogP contribution is -2.23. The van der Waals surface area contributed by atoms with Crippen LogP contribution in [-0.2, 0) is 0 Å². The topological polar surface area (TPSA) is 72.1 Å². The van der Waals surface area contributed by atoms with Crippen molar-refractivity contribution in [3.8, 4) is 5.75 Å². The van der Waals surface area contributed by atoms with Gasteiger partial charge in [-0.3, -0.25) is 9.98 Å². The summed E-state index contributed by atoms with van der Waals surface area (Å²) >= 11 is 0. The van der Waals surface area contributed by atoms with Crippen LogP contribution >= 0.6 is 0 Å². The van der Waals surface area contributed by atoms with E-state index in [1.165, 1.54) is 6.33 Å². The van der Waals surface area contributed by atoms with E-state index in [1.54, 1.807) is 24.8 Å². The van der Waals surface area contributed by atoms with Gasteiger partial charge in [-0.05, 0) is 36.4 Å². The van der Waals surface area contributed by atoms with E-state index in [4.69, 9.17) is 9.73 Å². The Bertz CT molecular complexity index is 1230. The normalized spacial score (nSPS) is 15.1. The summed E-state index contributed by atoms with van der Waals surface area (Å²) in [5.74, 6) is 1.32. The van der Waals surface area contributed by atoms with Gasteiger partial charge < -0.3 is 4.74 Å². The summed E-state index contributed by atoms with van der Waals surface area (Å²) in [7, 11) is 0. The van der Waals surface area contributed by atoms with Crippen LogP contribution in [0.5, 0.6) is 5.75 Å². The van der Waals surface area contributed by atoms with Gasteiger partial charge in [0.05, 0.1) is 10.9 Å². The SMILES string of the molecule is C1=CCOc2ccc3ncnc(c3c2)N=c2cccc/c2=C/N=CC=NC=C1. The number of aliphatic imine (C=N–C) groups is 2. The molecule has 1 aliphatic heterocycles. The van der Waals surface area contributed by atoms with Gasteiger partial charge in [0, 0.05) is 35.4 Å². The Morgan fingerprint density at radius 2 is 1.82 bits per heavy atom. The third-order valence-corrected chi connectivity index (χ3v) is 3.97. The largest absolute Gasteiger partial charge is 0.490 e. The Balaban J connectivity index is 1.91. The van der Waals surface area contributed by atoms with Gasteiger partial charge in [-0.2, -0.15) is 0 Å². The number of allylic oxidation sites excluding steroid dienone is 2. The summed E-state index contributed by atoms with van der Waals surface area (Å²) in [6, 6.07) is 13.5. The molecule has 1 aromatic heterocycles. The van der Waals surface area contributed by atoms with Crippen molar-refractivity contribution in [2.45, 2.75) is 0 Å². The van der Waals surface area contributed by atoms with Crippen LogP contribution in [-0.4, -0.2) is 29.0 Å². The van der Waals surface area contributed by atoms with Gasteiger partial charge in [-0.15, -0.1) is 0 Å². The molecular formula is C22H17N5O. The molecule has 0 spiro atoms. The summed E-state index contributed by atoms with van der Waals surface area (Å²) in [6.45, 7) is 0.443. The van der Waals surface area contributed by atoms with Gasteiger partial charge in [-0.1, -0.05) is 24.3 Å². The second-order valence-electron chi connectivity index (χ2n) is 5.85. The highest BCUT2D eigenvalue weighted by molar-refractivity contribution is 6.16. The molecule has 0 aliphatic carbocycles. The number of rotatable bonds is 0. The van der Waals surface area contributed by atoms with Gasteiger partial charge in [0.2, 0.25) is 0 Å². The smallest absolute Gasteiger partial charge is 0.163 e. The number of benzene rings is 2. The molecule has 136 valence electrons. The predicted molar refractivity (Wildman–Crippen MR) is 112 cm³/mol. The van der Waals surface area contributed by atoms with E-state index in [0.29, 0.717) is 12.4 Å². The number of para-hydroxylation sites is 1. The van der Waals surface area contributed by atoms with E-state index in [2.05, 4.69) is 20.0 Å².